The zero-order chi connectivity index (χ0) is 29.7. The molecule has 0 aliphatic carbocycles. The number of hydrogen-bond acceptors (Lipinski definition) is 0. The normalized spacial score (nSPS) is 11.6. The number of aromatic nitrogens is 1. The Labute approximate surface area is 262 Å². The topological polar surface area (TPSA) is 4.93 Å². The second kappa shape index (κ2) is 10.4. The quantitative estimate of drug-likeness (QED) is 0.185. The molecular weight excluding hydrogens is 542 g/mol. The van der Waals surface area contributed by atoms with Crippen molar-refractivity contribution in [2.75, 3.05) is 0 Å². The molecule has 1 heterocycles. The van der Waals surface area contributed by atoms with Gasteiger partial charge in [0.15, 0.2) is 0 Å². The van der Waals surface area contributed by atoms with E-state index in [1.807, 2.05) is 0 Å². The molecule has 1 aromatic heterocycles. The Hall–Kier alpha value is -5.92. The Morgan fingerprint density at radius 1 is 0.267 bits per heavy atom. The fourth-order valence-corrected chi connectivity index (χ4v) is 6.92. The van der Waals surface area contributed by atoms with Crippen LogP contribution in [0, 0.1) is 0 Å². The van der Waals surface area contributed by atoms with Crippen molar-refractivity contribution >= 4 is 43.4 Å². The SMILES string of the molecule is c1ccc(-c2ccc3c(c2)c2cc(-c4ccccc4)ccc2n3-c2ccc(-c3ccc4c(ccc5ccccc54)c3)cc2)cc1. The maximum Gasteiger partial charge on any atom is 0.0541 e. The first-order valence-electron chi connectivity index (χ1n) is 15.5. The molecule has 0 radical (unpaired) electrons. The minimum absolute atomic E-state index is 1.16. The Morgan fingerprint density at radius 2 is 0.733 bits per heavy atom. The van der Waals surface area contributed by atoms with Gasteiger partial charge < -0.3 is 4.57 Å². The molecule has 9 rings (SSSR count). The summed E-state index contributed by atoms with van der Waals surface area (Å²) in [6.45, 7) is 0. The first-order chi connectivity index (χ1) is 22.3. The van der Waals surface area contributed by atoms with Crippen molar-refractivity contribution < 1.29 is 0 Å². The molecule has 0 aliphatic heterocycles. The lowest BCUT2D eigenvalue weighted by Gasteiger charge is -2.11. The molecule has 0 spiro atoms. The number of nitrogens with zero attached hydrogens (tertiary/aromatic N) is 1. The molecule has 210 valence electrons. The van der Waals surface area contributed by atoms with Crippen molar-refractivity contribution in [1.82, 2.24) is 4.57 Å². The molecule has 0 fully saturated rings. The number of rotatable bonds is 4. The van der Waals surface area contributed by atoms with Crippen LogP contribution >= 0.6 is 0 Å². The zero-order valence-electron chi connectivity index (χ0n) is 24.7. The van der Waals surface area contributed by atoms with Crippen molar-refractivity contribution in [3.63, 3.8) is 0 Å². The van der Waals surface area contributed by atoms with E-state index in [4.69, 9.17) is 0 Å². The maximum absolute atomic E-state index is 2.41. The van der Waals surface area contributed by atoms with E-state index in [9.17, 15) is 0 Å². The van der Waals surface area contributed by atoms with E-state index in [1.165, 1.54) is 76.7 Å². The number of benzene rings is 8. The van der Waals surface area contributed by atoms with Gasteiger partial charge in [0, 0.05) is 16.5 Å². The summed E-state index contributed by atoms with van der Waals surface area (Å²) < 4.78 is 2.41. The van der Waals surface area contributed by atoms with Crippen LogP contribution in [0.25, 0.3) is 82.4 Å². The average Bonchev–Trinajstić information content (AvgIpc) is 3.45. The van der Waals surface area contributed by atoms with Gasteiger partial charge >= 0.3 is 0 Å². The predicted octanol–water partition coefficient (Wildman–Crippen LogP) is 12.1. The van der Waals surface area contributed by atoms with Gasteiger partial charge in [-0.2, -0.15) is 0 Å². The van der Waals surface area contributed by atoms with Crippen LogP contribution in [0.15, 0.2) is 176 Å². The van der Waals surface area contributed by atoms with Crippen LogP contribution in [-0.2, 0) is 0 Å². The molecule has 0 amide bonds. The summed E-state index contributed by atoms with van der Waals surface area (Å²) in [5, 5.41) is 7.66. The summed E-state index contributed by atoms with van der Waals surface area (Å²) in [7, 11) is 0. The molecular formula is C44H29N. The van der Waals surface area contributed by atoms with E-state index < -0.39 is 0 Å². The molecule has 0 saturated carbocycles. The van der Waals surface area contributed by atoms with Crippen molar-refractivity contribution in [2.45, 2.75) is 0 Å². The van der Waals surface area contributed by atoms with Gasteiger partial charge in [-0.15, -0.1) is 0 Å². The Kier molecular flexibility index (Phi) is 5.89. The maximum atomic E-state index is 2.41. The molecule has 0 unspecified atom stereocenters. The van der Waals surface area contributed by atoms with Gasteiger partial charge in [0.25, 0.3) is 0 Å². The Morgan fingerprint density at radius 3 is 1.38 bits per heavy atom. The molecule has 9 aromatic rings. The minimum atomic E-state index is 1.16. The molecule has 8 aromatic carbocycles. The van der Waals surface area contributed by atoms with Crippen LogP contribution in [0.3, 0.4) is 0 Å². The van der Waals surface area contributed by atoms with Crippen molar-refractivity contribution in [3.8, 4) is 39.1 Å². The van der Waals surface area contributed by atoms with Gasteiger partial charge in [0.1, 0.15) is 0 Å². The van der Waals surface area contributed by atoms with E-state index in [0.717, 1.165) is 5.69 Å². The van der Waals surface area contributed by atoms with Gasteiger partial charge in [-0.1, -0.05) is 133 Å². The van der Waals surface area contributed by atoms with Crippen molar-refractivity contribution in [3.05, 3.63) is 176 Å². The lowest BCUT2D eigenvalue weighted by Crippen LogP contribution is -1.94. The highest BCUT2D eigenvalue weighted by atomic mass is 15.0. The largest absolute Gasteiger partial charge is 0.309 e. The first-order valence-corrected chi connectivity index (χ1v) is 15.5. The summed E-state index contributed by atoms with van der Waals surface area (Å²) >= 11 is 0. The molecule has 0 bridgehead atoms. The van der Waals surface area contributed by atoms with Crippen LogP contribution in [0.2, 0.25) is 0 Å². The summed E-state index contributed by atoms with van der Waals surface area (Å²) in [5.41, 5.74) is 10.9. The second-order valence-corrected chi connectivity index (χ2v) is 11.8. The second-order valence-electron chi connectivity index (χ2n) is 11.8. The Bertz CT molecular complexity index is 2410. The van der Waals surface area contributed by atoms with Crippen LogP contribution in [-0.4, -0.2) is 4.57 Å². The zero-order valence-corrected chi connectivity index (χ0v) is 24.7. The molecule has 1 nitrogen and oxygen atoms in total. The standard InChI is InChI=1S/C44H29N/c1-3-9-30(10-4-1)35-20-25-43-41(28-35)42-29-36(31-11-5-2-6-12-31)21-26-44(42)45(43)38-22-17-32(18-23-38)34-19-24-40-37(27-34)16-15-33-13-7-8-14-39(33)40/h1-29H. The van der Waals surface area contributed by atoms with E-state index >= 15 is 0 Å². The lowest BCUT2D eigenvalue weighted by molar-refractivity contribution is 1.18. The number of hydrogen-bond donors (Lipinski definition) is 0. The highest BCUT2D eigenvalue weighted by Gasteiger charge is 2.15. The van der Waals surface area contributed by atoms with E-state index in [2.05, 4.69) is 180 Å². The number of fused-ring (bicyclic) bond motifs is 6. The fourth-order valence-electron chi connectivity index (χ4n) is 6.92. The smallest absolute Gasteiger partial charge is 0.0541 e. The third kappa shape index (κ3) is 4.32. The van der Waals surface area contributed by atoms with Gasteiger partial charge in [0.2, 0.25) is 0 Å². The van der Waals surface area contributed by atoms with Crippen molar-refractivity contribution in [1.29, 1.82) is 0 Å². The van der Waals surface area contributed by atoms with Crippen LogP contribution in [0.5, 0.6) is 0 Å². The minimum Gasteiger partial charge on any atom is -0.309 e. The molecule has 45 heavy (non-hydrogen) atoms. The van der Waals surface area contributed by atoms with E-state index in [1.54, 1.807) is 0 Å². The van der Waals surface area contributed by atoms with Crippen LogP contribution in [0.1, 0.15) is 0 Å². The fraction of sp³-hybridized carbons (Fsp3) is 0. The Balaban J connectivity index is 1.18. The van der Waals surface area contributed by atoms with E-state index in [0.29, 0.717) is 0 Å². The average molecular weight is 572 g/mol. The molecule has 0 atom stereocenters. The van der Waals surface area contributed by atoms with Gasteiger partial charge in [-0.3, -0.25) is 0 Å². The first kappa shape index (κ1) is 25.6. The monoisotopic (exact) mass is 571 g/mol. The highest BCUT2D eigenvalue weighted by Crippen LogP contribution is 2.38. The molecule has 1 heteroatoms. The third-order valence-corrected chi connectivity index (χ3v) is 9.18. The van der Waals surface area contributed by atoms with Crippen LogP contribution in [0.4, 0.5) is 0 Å². The molecule has 0 aliphatic rings. The summed E-state index contributed by atoms with van der Waals surface area (Å²) in [6.07, 6.45) is 0. The highest BCUT2D eigenvalue weighted by molar-refractivity contribution is 6.12. The van der Waals surface area contributed by atoms with Crippen LogP contribution < -0.4 is 0 Å². The lowest BCUT2D eigenvalue weighted by atomic mass is 9.97. The summed E-state index contributed by atoms with van der Waals surface area (Å²) in [5.74, 6) is 0. The molecule has 0 N–H and O–H groups in total. The predicted molar refractivity (Wildman–Crippen MR) is 192 cm³/mol. The van der Waals surface area contributed by atoms with Gasteiger partial charge in [0.05, 0.1) is 11.0 Å². The van der Waals surface area contributed by atoms with Gasteiger partial charge in [-0.25, -0.2) is 0 Å². The van der Waals surface area contributed by atoms with Crippen molar-refractivity contribution in [2.24, 2.45) is 0 Å². The van der Waals surface area contributed by atoms with E-state index in [-0.39, 0.29) is 0 Å². The summed E-state index contributed by atoms with van der Waals surface area (Å²) in [4.78, 5) is 0. The molecule has 0 saturated heterocycles. The summed E-state index contributed by atoms with van der Waals surface area (Å²) in [6, 6.07) is 64.0. The van der Waals surface area contributed by atoms with Gasteiger partial charge in [-0.05, 0) is 97.4 Å². The third-order valence-electron chi connectivity index (χ3n) is 9.18.